The maximum atomic E-state index is 5.28. The first-order valence-electron chi connectivity index (χ1n) is 6.24. The molecule has 2 rings (SSSR count). The molecule has 0 spiro atoms. The van der Waals surface area contributed by atoms with E-state index in [9.17, 15) is 0 Å². The zero-order chi connectivity index (χ0) is 13.0. The van der Waals surface area contributed by atoms with Gasteiger partial charge >= 0.3 is 0 Å². The van der Waals surface area contributed by atoms with Gasteiger partial charge in [-0.05, 0) is 12.1 Å². The van der Waals surface area contributed by atoms with Crippen molar-refractivity contribution in [3.63, 3.8) is 0 Å². The first-order valence-corrected chi connectivity index (χ1v) is 7.11. The molecule has 0 aliphatic heterocycles. The Kier molecular flexibility index (Phi) is 4.19. The highest BCUT2D eigenvalue weighted by atomic mass is 32.1. The minimum atomic E-state index is 0.142. The van der Waals surface area contributed by atoms with Crippen LogP contribution in [0.4, 0.5) is 0 Å². The molecule has 3 nitrogen and oxygen atoms in total. The van der Waals surface area contributed by atoms with Crippen molar-refractivity contribution in [2.75, 3.05) is 6.54 Å². The molecule has 0 aromatic carbocycles. The summed E-state index contributed by atoms with van der Waals surface area (Å²) >= 11 is 1.73. The van der Waals surface area contributed by atoms with E-state index < -0.39 is 0 Å². The van der Waals surface area contributed by atoms with E-state index in [2.05, 4.69) is 36.5 Å². The first kappa shape index (κ1) is 13.3. The molecule has 2 aromatic heterocycles. The van der Waals surface area contributed by atoms with Crippen LogP contribution in [0.1, 0.15) is 37.2 Å². The standard InChI is InChI=1S/C14H20N2OS/c1-14(2,3)12-10-18-13(16-12)9-15-7-6-11-5-4-8-17-11/h4-5,8,10,15H,6-7,9H2,1-3H3. The van der Waals surface area contributed by atoms with Crippen molar-refractivity contribution >= 4 is 11.3 Å². The molecule has 18 heavy (non-hydrogen) atoms. The number of aromatic nitrogens is 1. The van der Waals surface area contributed by atoms with Gasteiger partial charge in [-0.1, -0.05) is 20.8 Å². The van der Waals surface area contributed by atoms with E-state index in [0.717, 1.165) is 30.3 Å². The van der Waals surface area contributed by atoms with E-state index in [1.807, 2.05) is 12.1 Å². The molecule has 0 amide bonds. The van der Waals surface area contributed by atoms with Gasteiger partial charge in [-0.2, -0.15) is 0 Å². The van der Waals surface area contributed by atoms with E-state index in [1.165, 1.54) is 5.69 Å². The van der Waals surface area contributed by atoms with Crippen molar-refractivity contribution < 1.29 is 4.42 Å². The molecule has 0 atom stereocenters. The predicted molar refractivity (Wildman–Crippen MR) is 74.9 cm³/mol. The Morgan fingerprint density at radius 2 is 2.22 bits per heavy atom. The normalized spacial score (nSPS) is 11.9. The average molecular weight is 264 g/mol. The molecule has 2 heterocycles. The number of hydrogen-bond donors (Lipinski definition) is 1. The topological polar surface area (TPSA) is 38.1 Å². The van der Waals surface area contributed by atoms with Crippen molar-refractivity contribution in [2.24, 2.45) is 0 Å². The molecule has 1 N–H and O–H groups in total. The number of hydrogen-bond acceptors (Lipinski definition) is 4. The fourth-order valence-corrected chi connectivity index (χ4v) is 2.59. The molecule has 0 fully saturated rings. The monoisotopic (exact) mass is 264 g/mol. The zero-order valence-corrected chi connectivity index (χ0v) is 12.0. The molecule has 0 saturated carbocycles. The molecular formula is C14H20N2OS. The van der Waals surface area contributed by atoms with Crippen LogP contribution in [0.2, 0.25) is 0 Å². The van der Waals surface area contributed by atoms with Crippen molar-refractivity contribution in [1.82, 2.24) is 10.3 Å². The number of rotatable bonds is 5. The summed E-state index contributed by atoms with van der Waals surface area (Å²) < 4.78 is 5.28. The smallest absolute Gasteiger partial charge is 0.107 e. The van der Waals surface area contributed by atoms with E-state index in [0.29, 0.717) is 0 Å². The molecule has 0 unspecified atom stereocenters. The summed E-state index contributed by atoms with van der Waals surface area (Å²) in [7, 11) is 0. The molecule has 0 bridgehead atoms. The van der Waals surface area contributed by atoms with E-state index in [4.69, 9.17) is 4.42 Å². The van der Waals surface area contributed by atoms with Crippen LogP contribution in [0.25, 0.3) is 0 Å². The highest BCUT2D eigenvalue weighted by molar-refractivity contribution is 7.09. The summed E-state index contributed by atoms with van der Waals surface area (Å²) in [5.41, 5.74) is 1.32. The van der Waals surface area contributed by atoms with Gasteiger partial charge in [-0.25, -0.2) is 4.98 Å². The third-order valence-electron chi connectivity index (χ3n) is 2.72. The fourth-order valence-electron chi connectivity index (χ4n) is 1.60. The van der Waals surface area contributed by atoms with Crippen LogP contribution in [-0.2, 0) is 18.4 Å². The summed E-state index contributed by atoms with van der Waals surface area (Å²) in [6.07, 6.45) is 2.64. The maximum Gasteiger partial charge on any atom is 0.107 e. The Hall–Kier alpha value is -1.13. The van der Waals surface area contributed by atoms with Crippen LogP contribution in [-0.4, -0.2) is 11.5 Å². The lowest BCUT2D eigenvalue weighted by molar-refractivity contribution is 0.498. The van der Waals surface area contributed by atoms with E-state index in [1.54, 1.807) is 17.6 Å². The highest BCUT2D eigenvalue weighted by Gasteiger charge is 2.16. The Labute approximate surface area is 112 Å². The molecule has 98 valence electrons. The second-order valence-electron chi connectivity index (χ2n) is 5.38. The number of nitrogens with zero attached hydrogens (tertiary/aromatic N) is 1. The second-order valence-corrected chi connectivity index (χ2v) is 6.33. The van der Waals surface area contributed by atoms with Gasteiger partial charge in [0.05, 0.1) is 12.0 Å². The highest BCUT2D eigenvalue weighted by Crippen LogP contribution is 2.23. The van der Waals surface area contributed by atoms with Crippen LogP contribution in [0.15, 0.2) is 28.2 Å². The fraction of sp³-hybridized carbons (Fsp3) is 0.500. The summed E-state index contributed by atoms with van der Waals surface area (Å²) in [6, 6.07) is 3.93. The summed E-state index contributed by atoms with van der Waals surface area (Å²) in [5.74, 6) is 1.03. The molecule has 0 radical (unpaired) electrons. The molecule has 0 aliphatic rings. The van der Waals surface area contributed by atoms with Crippen LogP contribution in [0.5, 0.6) is 0 Å². The molecule has 0 aliphatic carbocycles. The Morgan fingerprint density at radius 1 is 1.39 bits per heavy atom. The van der Waals surface area contributed by atoms with Crippen molar-refractivity contribution in [3.8, 4) is 0 Å². The van der Waals surface area contributed by atoms with Crippen LogP contribution in [0, 0.1) is 0 Å². The minimum absolute atomic E-state index is 0.142. The largest absolute Gasteiger partial charge is 0.469 e. The number of furan rings is 1. The minimum Gasteiger partial charge on any atom is -0.469 e. The lowest BCUT2D eigenvalue weighted by atomic mass is 9.93. The summed E-state index contributed by atoms with van der Waals surface area (Å²) in [4.78, 5) is 4.65. The lowest BCUT2D eigenvalue weighted by Crippen LogP contribution is -2.17. The Balaban J connectivity index is 1.75. The number of nitrogens with one attached hydrogen (secondary N) is 1. The van der Waals surface area contributed by atoms with Gasteiger partial charge in [0.1, 0.15) is 10.8 Å². The summed E-state index contributed by atoms with van der Waals surface area (Å²) in [5, 5.41) is 6.70. The molecule has 4 heteroatoms. The van der Waals surface area contributed by atoms with Crippen molar-refractivity contribution in [3.05, 3.63) is 40.2 Å². The number of thiazole rings is 1. The van der Waals surface area contributed by atoms with E-state index >= 15 is 0 Å². The van der Waals surface area contributed by atoms with Gasteiger partial charge < -0.3 is 9.73 Å². The quantitative estimate of drug-likeness (QED) is 0.841. The Morgan fingerprint density at radius 3 is 2.83 bits per heavy atom. The van der Waals surface area contributed by atoms with Gasteiger partial charge in [0.25, 0.3) is 0 Å². The average Bonchev–Trinajstić information content (AvgIpc) is 2.95. The molecule has 2 aromatic rings. The van der Waals surface area contributed by atoms with Crippen LogP contribution in [0.3, 0.4) is 0 Å². The van der Waals surface area contributed by atoms with Gasteiger partial charge in [0.15, 0.2) is 0 Å². The first-order chi connectivity index (χ1) is 8.55. The van der Waals surface area contributed by atoms with Gasteiger partial charge in [0.2, 0.25) is 0 Å². The van der Waals surface area contributed by atoms with Crippen molar-refractivity contribution in [1.29, 1.82) is 0 Å². The predicted octanol–water partition coefficient (Wildman–Crippen LogP) is 3.37. The SMILES string of the molecule is CC(C)(C)c1csc(CNCCc2ccco2)n1. The Bertz CT molecular complexity index is 468. The van der Waals surface area contributed by atoms with Crippen LogP contribution < -0.4 is 5.32 Å². The third kappa shape index (κ3) is 3.68. The molecule has 0 saturated heterocycles. The van der Waals surface area contributed by atoms with Gasteiger partial charge in [-0.3, -0.25) is 0 Å². The van der Waals surface area contributed by atoms with Gasteiger partial charge in [0, 0.05) is 30.3 Å². The molecular weight excluding hydrogens is 244 g/mol. The van der Waals surface area contributed by atoms with Gasteiger partial charge in [-0.15, -0.1) is 11.3 Å². The lowest BCUT2D eigenvalue weighted by Gasteiger charge is -2.14. The third-order valence-corrected chi connectivity index (χ3v) is 3.57. The van der Waals surface area contributed by atoms with Crippen molar-refractivity contribution in [2.45, 2.75) is 39.2 Å². The van der Waals surface area contributed by atoms with Crippen LogP contribution >= 0.6 is 11.3 Å². The second kappa shape index (κ2) is 5.67. The zero-order valence-electron chi connectivity index (χ0n) is 11.2. The maximum absolute atomic E-state index is 5.28. The summed E-state index contributed by atoms with van der Waals surface area (Å²) in [6.45, 7) is 8.32. The van der Waals surface area contributed by atoms with E-state index in [-0.39, 0.29) is 5.41 Å².